The number of halogens is 2. The van der Waals surface area contributed by atoms with E-state index in [1.165, 1.54) is 0 Å². The van der Waals surface area contributed by atoms with Gasteiger partial charge in [-0.05, 0) is 29.7 Å². The van der Waals surface area contributed by atoms with Crippen molar-refractivity contribution in [2.45, 2.75) is 19.1 Å². The standard InChI is InChI=1S/C18H21N3O2.2ClH/c1-13(21-18(22)17-12-20-9-10-23-17)14-4-6-15(7-5-14)16-3-2-8-19-11-16;;/h2-8,11,13,17,20H,9-10,12H2,1H3,(H,21,22);2*1H. The zero-order chi connectivity index (χ0) is 16.1. The molecule has 3 rings (SSSR count). The fourth-order valence-corrected chi connectivity index (χ4v) is 2.62. The maximum absolute atomic E-state index is 12.2. The van der Waals surface area contributed by atoms with Gasteiger partial charge in [0.1, 0.15) is 6.10 Å². The highest BCUT2D eigenvalue weighted by molar-refractivity contribution is 5.85. The Balaban J connectivity index is 0.00000156. The minimum atomic E-state index is -0.402. The van der Waals surface area contributed by atoms with E-state index < -0.39 is 6.10 Å². The largest absolute Gasteiger partial charge is 0.366 e. The Labute approximate surface area is 160 Å². The Morgan fingerprint density at radius 1 is 1.24 bits per heavy atom. The van der Waals surface area contributed by atoms with Gasteiger partial charge in [-0.1, -0.05) is 30.3 Å². The van der Waals surface area contributed by atoms with E-state index >= 15 is 0 Å². The maximum atomic E-state index is 12.2. The molecule has 7 heteroatoms. The lowest BCUT2D eigenvalue weighted by atomic mass is 10.0. The molecule has 1 fully saturated rings. The molecule has 1 aromatic heterocycles. The van der Waals surface area contributed by atoms with Crippen LogP contribution in [0.25, 0.3) is 11.1 Å². The SMILES string of the molecule is CC(NC(=O)C1CNCCO1)c1ccc(-c2cccnc2)cc1.Cl.Cl. The fourth-order valence-electron chi connectivity index (χ4n) is 2.62. The molecule has 0 spiro atoms. The summed E-state index contributed by atoms with van der Waals surface area (Å²) in [5.41, 5.74) is 3.26. The summed E-state index contributed by atoms with van der Waals surface area (Å²) in [5, 5.41) is 6.17. The van der Waals surface area contributed by atoms with Crippen LogP contribution in [0.3, 0.4) is 0 Å². The molecule has 2 unspecified atom stereocenters. The van der Waals surface area contributed by atoms with Gasteiger partial charge < -0.3 is 15.4 Å². The normalized spacial score (nSPS) is 17.6. The smallest absolute Gasteiger partial charge is 0.250 e. The third-order valence-corrected chi connectivity index (χ3v) is 3.98. The number of hydrogen-bond acceptors (Lipinski definition) is 4. The average molecular weight is 384 g/mol. The second kappa shape index (κ2) is 10.4. The second-order valence-electron chi connectivity index (χ2n) is 5.66. The first-order valence-corrected chi connectivity index (χ1v) is 7.87. The average Bonchev–Trinajstić information content (AvgIpc) is 2.63. The van der Waals surface area contributed by atoms with Gasteiger partial charge in [-0.3, -0.25) is 9.78 Å². The molecule has 1 aliphatic heterocycles. The lowest BCUT2D eigenvalue weighted by Gasteiger charge is -2.24. The number of nitrogens with one attached hydrogen (secondary N) is 2. The highest BCUT2D eigenvalue weighted by Crippen LogP contribution is 2.21. The lowest BCUT2D eigenvalue weighted by molar-refractivity contribution is -0.134. The molecule has 0 aliphatic carbocycles. The summed E-state index contributed by atoms with van der Waals surface area (Å²) < 4.78 is 5.47. The minimum absolute atomic E-state index is 0. The van der Waals surface area contributed by atoms with Gasteiger partial charge in [-0.25, -0.2) is 0 Å². The van der Waals surface area contributed by atoms with Gasteiger partial charge in [-0.15, -0.1) is 24.8 Å². The van der Waals surface area contributed by atoms with Crippen LogP contribution in [0, 0.1) is 0 Å². The molecule has 2 atom stereocenters. The van der Waals surface area contributed by atoms with Crippen LogP contribution < -0.4 is 10.6 Å². The monoisotopic (exact) mass is 383 g/mol. The van der Waals surface area contributed by atoms with Gasteiger partial charge in [-0.2, -0.15) is 0 Å². The summed E-state index contributed by atoms with van der Waals surface area (Å²) in [4.78, 5) is 16.3. The van der Waals surface area contributed by atoms with Crippen LogP contribution in [0.4, 0.5) is 0 Å². The third-order valence-electron chi connectivity index (χ3n) is 3.98. The van der Waals surface area contributed by atoms with Crippen molar-refractivity contribution in [3.05, 3.63) is 54.4 Å². The van der Waals surface area contributed by atoms with E-state index in [1.54, 1.807) is 6.20 Å². The van der Waals surface area contributed by atoms with Crippen LogP contribution in [0.5, 0.6) is 0 Å². The first-order chi connectivity index (χ1) is 11.2. The maximum Gasteiger partial charge on any atom is 0.250 e. The molecule has 2 N–H and O–H groups in total. The number of morpholine rings is 1. The highest BCUT2D eigenvalue weighted by Gasteiger charge is 2.23. The van der Waals surface area contributed by atoms with Crippen LogP contribution in [-0.2, 0) is 9.53 Å². The van der Waals surface area contributed by atoms with Crippen molar-refractivity contribution in [3.63, 3.8) is 0 Å². The van der Waals surface area contributed by atoms with Crippen molar-refractivity contribution in [2.24, 2.45) is 0 Å². The third kappa shape index (κ3) is 5.68. The molecule has 1 aliphatic rings. The lowest BCUT2D eigenvalue weighted by Crippen LogP contribution is -2.48. The molecule has 0 saturated carbocycles. The first-order valence-electron chi connectivity index (χ1n) is 7.87. The minimum Gasteiger partial charge on any atom is -0.366 e. The van der Waals surface area contributed by atoms with E-state index in [2.05, 4.69) is 15.6 Å². The summed E-state index contributed by atoms with van der Waals surface area (Å²) in [6.45, 7) is 3.92. The zero-order valence-electron chi connectivity index (χ0n) is 14.0. The fraction of sp³-hybridized carbons (Fsp3) is 0.333. The molecule has 2 heterocycles. The van der Waals surface area contributed by atoms with Crippen LogP contribution in [0.1, 0.15) is 18.5 Å². The molecule has 25 heavy (non-hydrogen) atoms. The molecule has 2 aromatic rings. The summed E-state index contributed by atoms with van der Waals surface area (Å²) in [7, 11) is 0. The van der Waals surface area contributed by atoms with E-state index in [0.29, 0.717) is 13.2 Å². The molecule has 1 amide bonds. The number of nitrogens with zero attached hydrogens (tertiary/aromatic N) is 1. The Morgan fingerprint density at radius 2 is 2.00 bits per heavy atom. The van der Waals surface area contributed by atoms with Gasteiger partial charge >= 0.3 is 0 Å². The molecule has 1 aromatic carbocycles. The Kier molecular flexibility index (Phi) is 8.86. The van der Waals surface area contributed by atoms with Crippen molar-refractivity contribution in [2.75, 3.05) is 19.7 Å². The quantitative estimate of drug-likeness (QED) is 0.851. The number of benzene rings is 1. The van der Waals surface area contributed by atoms with Gasteiger partial charge in [0.2, 0.25) is 0 Å². The molecule has 5 nitrogen and oxygen atoms in total. The van der Waals surface area contributed by atoms with Crippen LogP contribution in [0.2, 0.25) is 0 Å². The topological polar surface area (TPSA) is 63.2 Å². The predicted molar refractivity (Wildman–Crippen MR) is 103 cm³/mol. The highest BCUT2D eigenvalue weighted by atomic mass is 35.5. The van der Waals surface area contributed by atoms with Crippen LogP contribution in [-0.4, -0.2) is 36.7 Å². The van der Waals surface area contributed by atoms with Gasteiger partial charge in [0.25, 0.3) is 5.91 Å². The van der Waals surface area contributed by atoms with E-state index in [1.807, 2.05) is 49.5 Å². The van der Waals surface area contributed by atoms with Gasteiger partial charge in [0.15, 0.2) is 0 Å². The van der Waals surface area contributed by atoms with Crippen molar-refractivity contribution < 1.29 is 9.53 Å². The van der Waals surface area contributed by atoms with E-state index in [4.69, 9.17) is 4.74 Å². The summed E-state index contributed by atoms with van der Waals surface area (Å²) in [6, 6.07) is 12.1. The number of amides is 1. The van der Waals surface area contributed by atoms with Crippen molar-refractivity contribution in [1.29, 1.82) is 0 Å². The summed E-state index contributed by atoms with van der Waals surface area (Å²) >= 11 is 0. The van der Waals surface area contributed by atoms with Crippen molar-refractivity contribution in [1.82, 2.24) is 15.6 Å². The van der Waals surface area contributed by atoms with Crippen LogP contribution in [0.15, 0.2) is 48.8 Å². The molecule has 136 valence electrons. The number of aromatic nitrogens is 1. The molecular weight excluding hydrogens is 361 g/mol. The number of ether oxygens (including phenoxy) is 1. The number of pyridine rings is 1. The zero-order valence-corrected chi connectivity index (χ0v) is 15.6. The molecule has 0 bridgehead atoms. The van der Waals surface area contributed by atoms with Crippen LogP contribution >= 0.6 is 24.8 Å². The Bertz CT molecular complexity index is 647. The Morgan fingerprint density at radius 3 is 2.60 bits per heavy atom. The molecule has 1 saturated heterocycles. The number of hydrogen-bond donors (Lipinski definition) is 2. The summed E-state index contributed by atoms with van der Waals surface area (Å²) in [6.07, 6.45) is 3.20. The second-order valence-corrected chi connectivity index (χ2v) is 5.66. The van der Waals surface area contributed by atoms with E-state index in [9.17, 15) is 4.79 Å². The van der Waals surface area contributed by atoms with Gasteiger partial charge in [0.05, 0.1) is 12.6 Å². The van der Waals surface area contributed by atoms with Crippen molar-refractivity contribution >= 4 is 30.7 Å². The number of carbonyl (C=O) groups excluding carboxylic acids is 1. The molecular formula is C18H23Cl2N3O2. The number of carbonyl (C=O) groups is 1. The molecule has 0 radical (unpaired) electrons. The number of rotatable bonds is 4. The first kappa shape index (κ1) is 21.4. The van der Waals surface area contributed by atoms with Gasteiger partial charge in [0, 0.05) is 25.5 Å². The van der Waals surface area contributed by atoms with E-state index in [-0.39, 0.29) is 36.8 Å². The van der Waals surface area contributed by atoms with E-state index in [0.717, 1.165) is 23.2 Å². The Hall–Kier alpha value is -1.66. The predicted octanol–water partition coefficient (Wildman–Crippen LogP) is 2.76. The summed E-state index contributed by atoms with van der Waals surface area (Å²) in [5.74, 6) is -0.0685. The van der Waals surface area contributed by atoms with Crippen molar-refractivity contribution in [3.8, 4) is 11.1 Å².